The van der Waals surface area contributed by atoms with E-state index in [1.165, 1.54) is 0 Å². The first-order valence-corrected chi connectivity index (χ1v) is 8.98. The first-order valence-electron chi connectivity index (χ1n) is 7.44. The molecule has 0 spiro atoms. The molecule has 1 aromatic carbocycles. The summed E-state index contributed by atoms with van der Waals surface area (Å²) in [6.45, 7) is 0.385. The van der Waals surface area contributed by atoms with Gasteiger partial charge in [0.2, 0.25) is 5.88 Å². The summed E-state index contributed by atoms with van der Waals surface area (Å²) in [5.74, 6) is 2.52. The van der Waals surface area contributed by atoms with Gasteiger partial charge in [-0.05, 0) is 29.9 Å². The molecule has 1 saturated heterocycles. The highest BCUT2D eigenvalue weighted by atomic mass is 35.5. The van der Waals surface area contributed by atoms with Crippen LogP contribution in [0.25, 0.3) is 0 Å². The minimum atomic E-state index is -0.180. The number of aromatic nitrogens is 1. The van der Waals surface area contributed by atoms with E-state index >= 15 is 0 Å². The number of ether oxygens (including phenoxy) is 1. The molecule has 4 nitrogen and oxygen atoms in total. The van der Waals surface area contributed by atoms with Crippen LogP contribution in [-0.2, 0) is 6.54 Å². The van der Waals surface area contributed by atoms with Gasteiger partial charge in [-0.25, -0.2) is 4.98 Å². The summed E-state index contributed by atoms with van der Waals surface area (Å²) in [7, 11) is 0. The maximum atomic E-state index is 12.1. The smallest absolute Gasteiger partial charge is 0.253 e. The second-order valence-corrected chi connectivity index (χ2v) is 6.82. The highest BCUT2D eigenvalue weighted by molar-refractivity contribution is 7.99. The molecule has 6 heteroatoms. The predicted molar refractivity (Wildman–Crippen MR) is 93.2 cm³/mol. The molecule has 120 valence electrons. The van der Waals surface area contributed by atoms with Gasteiger partial charge in [0.15, 0.2) is 0 Å². The molecular weight excluding hydrogens is 332 g/mol. The highest BCUT2D eigenvalue weighted by Gasteiger charge is 2.17. The average molecular weight is 349 g/mol. The van der Waals surface area contributed by atoms with Gasteiger partial charge in [-0.1, -0.05) is 29.8 Å². The van der Waals surface area contributed by atoms with Gasteiger partial charge < -0.3 is 10.1 Å². The molecule has 1 fully saturated rings. The summed E-state index contributed by atoms with van der Waals surface area (Å²) < 4.78 is 5.77. The standard InChI is InChI=1S/C17H17ClN2O2S/c18-15-4-2-1-3-12(15)9-20-17(21)13-5-6-16(19-10-13)22-14-7-8-23-11-14/h1-6,10,14H,7-9,11H2,(H,20,21). The zero-order valence-electron chi connectivity index (χ0n) is 12.5. The Labute approximate surface area is 144 Å². The Bertz CT molecular complexity index is 673. The normalized spacial score (nSPS) is 17.0. The number of pyridine rings is 1. The fourth-order valence-corrected chi connectivity index (χ4v) is 3.58. The SMILES string of the molecule is O=C(NCc1ccccc1Cl)c1ccc(OC2CCSC2)nc1. The van der Waals surface area contributed by atoms with Crippen molar-refractivity contribution in [3.63, 3.8) is 0 Å². The molecule has 1 aliphatic rings. The Morgan fingerprint density at radius 1 is 1.35 bits per heavy atom. The Kier molecular flexibility index (Phi) is 5.41. The van der Waals surface area contributed by atoms with E-state index in [2.05, 4.69) is 10.3 Å². The molecule has 1 atom stereocenters. The summed E-state index contributed by atoms with van der Waals surface area (Å²) in [6, 6.07) is 10.9. The van der Waals surface area contributed by atoms with Gasteiger partial charge in [0.1, 0.15) is 6.10 Å². The van der Waals surface area contributed by atoms with Gasteiger partial charge in [0, 0.05) is 29.6 Å². The second-order valence-electron chi connectivity index (χ2n) is 5.26. The van der Waals surface area contributed by atoms with E-state index in [-0.39, 0.29) is 12.0 Å². The van der Waals surface area contributed by atoms with E-state index in [1.807, 2.05) is 30.0 Å². The lowest BCUT2D eigenvalue weighted by Crippen LogP contribution is -2.23. The van der Waals surface area contributed by atoms with Crippen molar-refractivity contribution in [3.8, 4) is 5.88 Å². The minimum absolute atomic E-state index is 0.180. The van der Waals surface area contributed by atoms with Gasteiger partial charge in [-0.2, -0.15) is 11.8 Å². The minimum Gasteiger partial charge on any atom is -0.473 e. The predicted octanol–water partition coefficient (Wildman–Crippen LogP) is 3.55. The molecule has 0 aliphatic carbocycles. The van der Waals surface area contributed by atoms with Crippen LogP contribution in [-0.4, -0.2) is 28.5 Å². The number of hydrogen-bond acceptors (Lipinski definition) is 4. The van der Waals surface area contributed by atoms with Crippen molar-refractivity contribution in [2.75, 3.05) is 11.5 Å². The Hall–Kier alpha value is -1.72. The van der Waals surface area contributed by atoms with E-state index in [4.69, 9.17) is 16.3 Å². The maximum Gasteiger partial charge on any atom is 0.253 e. The van der Waals surface area contributed by atoms with E-state index in [1.54, 1.807) is 24.4 Å². The van der Waals surface area contributed by atoms with Crippen molar-refractivity contribution < 1.29 is 9.53 Å². The highest BCUT2D eigenvalue weighted by Crippen LogP contribution is 2.22. The summed E-state index contributed by atoms with van der Waals surface area (Å²) in [5, 5.41) is 3.48. The quantitative estimate of drug-likeness (QED) is 0.897. The molecule has 1 N–H and O–H groups in total. The molecule has 2 heterocycles. The Morgan fingerprint density at radius 2 is 2.22 bits per heavy atom. The number of nitrogens with zero attached hydrogens (tertiary/aromatic N) is 1. The Balaban J connectivity index is 1.56. The summed E-state index contributed by atoms with van der Waals surface area (Å²) in [4.78, 5) is 16.4. The number of rotatable bonds is 5. The molecule has 1 unspecified atom stereocenters. The second kappa shape index (κ2) is 7.70. The summed E-state index contributed by atoms with van der Waals surface area (Å²) >= 11 is 7.96. The number of halogens is 1. The third-order valence-corrected chi connectivity index (χ3v) is 5.07. The van der Waals surface area contributed by atoms with Crippen LogP contribution in [0.4, 0.5) is 0 Å². The summed E-state index contributed by atoms with van der Waals surface area (Å²) in [6.07, 6.45) is 2.82. The molecule has 1 amide bonds. The van der Waals surface area contributed by atoms with Crippen molar-refractivity contribution in [3.05, 3.63) is 58.7 Å². The topological polar surface area (TPSA) is 51.2 Å². The van der Waals surface area contributed by atoms with Crippen molar-refractivity contribution in [2.45, 2.75) is 19.1 Å². The molecule has 2 aromatic rings. The number of amides is 1. The molecule has 0 radical (unpaired) electrons. The van der Waals surface area contributed by atoms with E-state index < -0.39 is 0 Å². The van der Waals surface area contributed by atoms with Crippen molar-refractivity contribution >= 4 is 29.3 Å². The van der Waals surface area contributed by atoms with E-state index in [0.717, 1.165) is 23.5 Å². The van der Waals surface area contributed by atoms with E-state index in [0.29, 0.717) is 23.0 Å². The van der Waals surface area contributed by atoms with Crippen molar-refractivity contribution in [1.82, 2.24) is 10.3 Å². The van der Waals surface area contributed by atoms with Crippen molar-refractivity contribution in [2.24, 2.45) is 0 Å². The summed E-state index contributed by atoms with van der Waals surface area (Å²) in [5.41, 5.74) is 1.39. The first kappa shape index (κ1) is 16.1. The lowest BCUT2D eigenvalue weighted by molar-refractivity contribution is 0.0950. The monoisotopic (exact) mass is 348 g/mol. The maximum absolute atomic E-state index is 12.1. The molecule has 0 bridgehead atoms. The number of nitrogens with one attached hydrogen (secondary N) is 1. The number of thioether (sulfide) groups is 1. The van der Waals surface area contributed by atoms with Crippen LogP contribution < -0.4 is 10.1 Å². The fraction of sp³-hybridized carbons (Fsp3) is 0.294. The fourth-order valence-electron chi connectivity index (χ4n) is 2.28. The molecular formula is C17H17ClN2O2S. The largest absolute Gasteiger partial charge is 0.473 e. The van der Waals surface area contributed by atoms with Gasteiger partial charge in [-0.15, -0.1) is 0 Å². The van der Waals surface area contributed by atoms with Gasteiger partial charge in [0.05, 0.1) is 5.56 Å². The average Bonchev–Trinajstić information content (AvgIpc) is 3.07. The third-order valence-electron chi connectivity index (χ3n) is 3.57. The van der Waals surface area contributed by atoms with Crippen LogP contribution in [0.1, 0.15) is 22.3 Å². The zero-order valence-corrected chi connectivity index (χ0v) is 14.1. The zero-order chi connectivity index (χ0) is 16.1. The molecule has 23 heavy (non-hydrogen) atoms. The first-order chi connectivity index (χ1) is 11.2. The van der Waals surface area contributed by atoms with Crippen LogP contribution >= 0.6 is 23.4 Å². The molecule has 1 aliphatic heterocycles. The van der Waals surface area contributed by atoms with Gasteiger partial charge in [-0.3, -0.25) is 4.79 Å². The van der Waals surface area contributed by atoms with Gasteiger partial charge in [0.25, 0.3) is 5.91 Å². The van der Waals surface area contributed by atoms with Crippen molar-refractivity contribution in [1.29, 1.82) is 0 Å². The number of benzene rings is 1. The Morgan fingerprint density at radius 3 is 2.91 bits per heavy atom. The van der Waals surface area contributed by atoms with E-state index in [9.17, 15) is 4.79 Å². The number of carbonyl (C=O) groups excluding carboxylic acids is 1. The van der Waals surface area contributed by atoms with Crippen LogP contribution in [0, 0.1) is 0 Å². The third kappa shape index (κ3) is 4.39. The lowest BCUT2D eigenvalue weighted by Gasteiger charge is -2.11. The van der Waals surface area contributed by atoms with Gasteiger partial charge >= 0.3 is 0 Å². The number of hydrogen-bond donors (Lipinski definition) is 1. The van der Waals surface area contributed by atoms with Crippen LogP contribution in [0.2, 0.25) is 5.02 Å². The number of carbonyl (C=O) groups is 1. The van der Waals surface area contributed by atoms with Crippen LogP contribution in [0.3, 0.4) is 0 Å². The molecule has 3 rings (SSSR count). The lowest BCUT2D eigenvalue weighted by atomic mass is 10.2. The molecule has 0 saturated carbocycles. The molecule has 1 aromatic heterocycles. The van der Waals surface area contributed by atoms with Crippen LogP contribution in [0.5, 0.6) is 5.88 Å². The van der Waals surface area contributed by atoms with Crippen LogP contribution in [0.15, 0.2) is 42.6 Å².